The highest BCUT2D eigenvalue weighted by atomic mass is 16.3. The maximum Gasteiger partial charge on any atom is 0.143 e. The van der Waals surface area contributed by atoms with Crippen LogP contribution in [0, 0.1) is 0 Å². The van der Waals surface area contributed by atoms with Crippen LogP contribution in [0.4, 0.5) is 0 Å². The Morgan fingerprint density at radius 1 is 0.750 bits per heavy atom. The highest BCUT2D eigenvalue weighted by Gasteiger charge is 2.09. The average molecular weight is 261 g/mol. The van der Waals surface area contributed by atoms with Crippen LogP contribution in [0.5, 0.6) is 5.75 Å². The Kier molecular flexibility index (Phi) is 2.23. The van der Waals surface area contributed by atoms with E-state index in [-0.39, 0.29) is 5.75 Å². The number of aromatic nitrogens is 3. The first-order valence-electron chi connectivity index (χ1n) is 6.35. The predicted octanol–water partition coefficient (Wildman–Crippen LogP) is 3.28. The molecule has 0 spiro atoms. The van der Waals surface area contributed by atoms with Gasteiger partial charge in [0.2, 0.25) is 0 Å². The first-order chi connectivity index (χ1) is 9.81. The van der Waals surface area contributed by atoms with Crippen molar-refractivity contribution in [1.82, 2.24) is 15.0 Å². The van der Waals surface area contributed by atoms with E-state index in [4.69, 9.17) is 0 Å². The Morgan fingerprint density at radius 2 is 1.30 bits per heavy atom. The molecular formula is C16H11N3O. The molecule has 0 saturated heterocycles. The van der Waals surface area contributed by atoms with Crippen molar-refractivity contribution in [2.45, 2.75) is 0 Å². The number of fused-ring (bicyclic) bond motifs is 2. The number of aromatic hydroxyl groups is 1. The van der Waals surface area contributed by atoms with E-state index in [1.165, 1.54) is 4.80 Å². The quantitative estimate of drug-likeness (QED) is 0.572. The van der Waals surface area contributed by atoms with Gasteiger partial charge in [0.25, 0.3) is 0 Å². The molecule has 0 aliphatic heterocycles. The molecule has 4 aromatic rings. The van der Waals surface area contributed by atoms with Crippen LogP contribution in [0.2, 0.25) is 0 Å². The van der Waals surface area contributed by atoms with Crippen molar-refractivity contribution in [1.29, 1.82) is 0 Å². The molecule has 1 heterocycles. The van der Waals surface area contributed by atoms with Crippen LogP contribution < -0.4 is 0 Å². The second kappa shape index (κ2) is 4.06. The molecule has 0 aliphatic rings. The summed E-state index contributed by atoms with van der Waals surface area (Å²) in [5.74, 6) is 0.170. The van der Waals surface area contributed by atoms with Gasteiger partial charge in [0.05, 0.1) is 0 Å². The molecule has 3 aromatic carbocycles. The molecular weight excluding hydrogens is 250 g/mol. The molecule has 20 heavy (non-hydrogen) atoms. The van der Waals surface area contributed by atoms with E-state index in [0.29, 0.717) is 5.69 Å². The third-order valence-corrected chi connectivity index (χ3v) is 3.34. The minimum absolute atomic E-state index is 0.170. The molecule has 4 nitrogen and oxygen atoms in total. The van der Waals surface area contributed by atoms with Gasteiger partial charge in [0.1, 0.15) is 22.5 Å². The van der Waals surface area contributed by atoms with E-state index < -0.39 is 0 Å². The van der Waals surface area contributed by atoms with E-state index in [9.17, 15) is 5.11 Å². The largest absolute Gasteiger partial charge is 0.506 e. The summed E-state index contributed by atoms with van der Waals surface area (Å²) < 4.78 is 0. The summed E-state index contributed by atoms with van der Waals surface area (Å²) >= 11 is 0. The normalized spacial score (nSPS) is 11.2. The Hall–Kier alpha value is -2.88. The summed E-state index contributed by atoms with van der Waals surface area (Å²) in [6.07, 6.45) is 0. The lowest BCUT2D eigenvalue weighted by molar-refractivity contribution is 0.468. The van der Waals surface area contributed by atoms with Gasteiger partial charge in [-0.3, -0.25) is 0 Å². The van der Waals surface area contributed by atoms with Gasteiger partial charge < -0.3 is 5.11 Å². The van der Waals surface area contributed by atoms with E-state index in [2.05, 4.69) is 10.2 Å². The molecule has 0 saturated carbocycles. The van der Waals surface area contributed by atoms with Gasteiger partial charge in [-0.15, -0.1) is 15.0 Å². The van der Waals surface area contributed by atoms with Crippen molar-refractivity contribution in [2.75, 3.05) is 0 Å². The minimum atomic E-state index is 0.170. The highest BCUT2D eigenvalue weighted by molar-refractivity contribution is 5.86. The van der Waals surface area contributed by atoms with Crippen molar-refractivity contribution < 1.29 is 5.11 Å². The van der Waals surface area contributed by atoms with Gasteiger partial charge in [0, 0.05) is 0 Å². The van der Waals surface area contributed by atoms with Gasteiger partial charge >= 0.3 is 0 Å². The summed E-state index contributed by atoms with van der Waals surface area (Å²) in [6.45, 7) is 0. The summed E-state index contributed by atoms with van der Waals surface area (Å²) in [5, 5.41) is 21.0. The third kappa shape index (κ3) is 1.62. The lowest BCUT2D eigenvalue weighted by Gasteiger charge is -2.05. The van der Waals surface area contributed by atoms with Crippen LogP contribution in [0.25, 0.3) is 27.5 Å². The molecule has 0 atom stereocenters. The molecule has 0 unspecified atom stereocenters. The summed E-state index contributed by atoms with van der Waals surface area (Å²) in [5.41, 5.74) is 2.19. The molecule has 1 N–H and O–H groups in total. The number of hydrogen-bond acceptors (Lipinski definition) is 3. The van der Waals surface area contributed by atoms with E-state index in [0.717, 1.165) is 21.8 Å². The average Bonchev–Trinajstić information content (AvgIpc) is 2.90. The van der Waals surface area contributed by atoms with Crippen LogP contribution in [0.15, 0.2) is 60.7 Å². The molecule has 0 radical (unpaired) electrons. The molecule has 0 fully saturated rings. The lowest BCUT2D eigenvalue weighted by atomic mass is 10.1. The minimum Gasteiger partial charge on any atom is -0.506 e. The van der Waals surface area contributed by atoms with Gasteiger partial charge in [-0.05, 0) is 35.0 Å². The first-order valence-corrected chi connectivity index (χ1v) is 6.35. The maximum atomic E-state index is 10.2. The zero-order valence-corrected chi connectivity index (χ0v) is 10.6. The van der Waals surface area contributed by atoms with Crippen molar-refractivity contribution in [3.63, 3.8) is 0 Å². The number of phenolic OH excluding ortho intramolecular Hbond substituents is 1. The third-order valence-electron chi connectivity index (χ3n) is 3.34. The van der Waals surface area contributed by atoms with E-state index >= 15 is 0 Å². The lowest BCUT2D eigenvalue weighted by Crippen LogP contribution is -1.99. The topological polar surface area (TPSA) is 50.9 Å². The monoisotopic (exact) mass is 261 g/mol. The van der Waals surface area contributed by atoms with Gasteiger partial charge in [-0.25, -0.2) is 0 Å². The van der Waals surface area contributed by atoms with Crippen LogP contribution >= 0.6 is 0 Å². The standard InChI is InChI=1S/C16H11N3O/c20-16-10-12-6-2-1-5-11(12)9-15(16)19-17-13-7-3-4-8-14(13)18-19/h1-10,20H. The zero-order valence-electron chi connectivity index (χ0n) is 10.6. The Labute approximate surface area is 114 Å². The van der Waals surface area contributed by atoms with Crippen LogP contribution in [0.1, 0.15) is 0 Å². The van der Waals surface area contributed by atoms with Crippen molar-refractivity contribution in [3.8, 4) is 11.4 Å². The molecule has 4 rings (SSSR count). The number of nitrogens with zero attached hydrogens (tertiary/aromatic N) is 3. The van der Waals surface area contributed by atoms with Gasteiger partial charge in [-0.1, -0.05) is 36.4 Å². The number of rotatable bonds is 1. The molecule has 4 heteroatoms. The fourth-order valence-electron chi connectivity index (χ4n) is 2.34. The van der Waals surface area contributed by atoms with Crippen LogP contribution in [-0.4, -0.2) is 20.1 Å². The second-order valence-electron chi connectivity index (χ2n) is 4.67. The van der Waals surface area contributed by atoms with Crippen LogP contribution in [-0.2, 0) is 0 Å². The van der Waals surface area contributed by atoms with Crippen molar-refractivity contribution in [3.05, 3.63) is 60.7 Å². The Balaban J connectivity index is 1.98. The van der Waals surface area contributed by atoms with Gasteiger partial charge in [-0.2, -0.15) is 0 Å². The molecule has 0 aliphatic carbocycles. The fraction of sp³-hybridized carbons (Fsp3) is 0. The summed E-state index contributed by atoms with van der Waals surface area (Å²) in [7, 11) is 0. The zero-order chi connectivity index (χ0) is 13.5. The number of benzene rings is 3. The molecule has 0 amide bonds. The van der Waals surface area contributed by atoms with E-state index in [1.807, 2.05) is 54.6 Å². The van der Waals surface area contributed by atoms with E-state index in [1.54, 1.807) is 6.07 Å². The van der Waals surface area contributed by atoms with Gasteiger partial charge in [0.15, 0.2) is 0 Å². The Bertz CT molecular complexity index is 894. The molecule has 0 bridgehead atoms. The first kappa shape index (κ1) is 11.0. The van der Waals surface area contributed by atoms with Crippen molar-refractivity contribution in [2.24, 2.45) is 0 Å². The van der Waals surface area contributed by atoms with Crippen molar-refractivity contribution >= 4 is 21.8 Å². The fourth-order valence-corrected chi connectivity index (χ4v) is 2.34. The summed E-state index contributed by atoms with van der Waals surface area (Å²) in [6, 6.07) is 19.1. The number of hydrogen-bond donors (Lipinski definition) is 1. The Morgan fingerprint density at radius 3 is 1.95 bits per heavy atom. The summed E-state index contributed by atoms with van der Waals surface area (Å²) in [4.78, 5) is 1.48. The molecule has 96 valence electrons. The highest BCUT2D eigenvalue weighted by Crippen LogP contribution is 2.27. The maximum absolute atomic E-state index is 10.2. The van der Waals surface area contributed by atoms with Crippen LogP contribution in [0.3, 0.4) is 0 Å². The smallest absolute Gasteiger partial charge is 0.143 e. The number of phenols is 1. The predicted molar refractivity (Wildman–Crippen MR) is 78.0 cm³/mol. The SMILES string of the molecule is Oc1cc2ccccc2cc1-n1nc2ccccc2n1. The molecule has 1 aromatic heterocycles. The second-order valence-corrected chi connectivity index (χ2v) is 4.67.